The van der Waals surface area contributed by atoms with Crippen molar-refractivity contribution >= 4 is 23.2 Å². The zero-order valence-electron chi connectivity index (χ0n) is 18.4. The lowest BCUT2D eigenvalue weighted by molar-refractivity contribution is 0.0793. The maximum atomic E-state index is 13.5. The van der Waals surface area contributed by atoms with E-state index < -0.39 is 11.7 Å². The number of rotatable bonds is 4. The summed E-state index contributed by atoms with van der Waals surface area (Å²) in [5, 5.41) is 2.82. The molecule has 5 nitrogen and oxygen atoms in total. The highest BCUT2D eigenvalue weighted by atomic mass is 19.1. The number of amides is 2. The molecule has 1 saturated heterocycles. The van der Waals surface area contributed by atoms with Crippen LogP contribution in [0.15, 0.2) is 66.7 Å². The number of carbonyl (C=O) groups is 2. The summed E-state index contributed by atoms with van der Waals surface area (Å²) in [5.74, 6) is -0.884. The van der Waals surface area contributed by atoms with Gasteiger partial charge in [0.15, 0.2) is 0 Å². The third-order valence-electron chi connectivity index (χ3n) is 6.44. The second-order valence-corrected chi connectivity index (χ2v) is 8.64. The molecule has 0 radical (unpaired) electrons. The van der Waals surface area contributed by atoms with Crippen LogP contribution >= 0.6 is 0 Å². The van der Waals surface area contributed by atoms with Gasteiger partial charge in [-0.15, -0.1) is 0 Å². The van der Waals surface area contributed by atoms with Gasteiger partial charge in [-0.1, -0.05) is 30.3 Å². The number of halogens is 1. The molecule has 3 aromatic rings. The lowest BCUT2D eigenvalue weighted by atomic mass is 9.98. The van der Waals surface area contributed by atoms with E-state index in [0.717, 1.165) is 51.1 Å². The van der Waals surface area contributed by atoms with Crippen LogP contribution in [0.2, 0.25) is 0 Å². The first-order valence-electron chi connectivity index (χ1n) is 11.4. The largest absolute Gasteiger partial charge is 0.366 e. The summed E-state index contributed by atoms with van der Waals surface area (Å²) in [6.45, 7) is 3.07. The lowest BCUT2D eigenvalue weighted by Gasteiger charge is -2.33. The van der Waals surface area contributed by atoms with Gasteiger partial charge in [-0.3, -0.25) is 9.59 Å². The number of likely N-dealkylation sites (tertiary alicyclic amines) is 1. The number of hydrogen-bond donors (Lipinski definition) is 1. The van der Waals surface area contributed by atoms with E-state index in [4.69, 9.17) is 0 Å². The van der Waals surface area contributed by atoms with E-state index in [-0.39, 0.29) is 11.5 Å². The number of benzene rings is 3. The van der Waals surface area contributed by atoms with E-state index >= 15 is 0 Å². The third-order valence-corrected chi connectivity index (χ3v) is 6.44. The average molecular weight is 444 g/mol. The molecule has 0 aromatic heterocycles. The maximum absolute atomic E-state index is 13.5. The number of fused-ring (bicyclic) bond motifs is 1. The SMILES string of the molecule is O=C(Nc1ccc(N2CCc3ccccc3C2)c(C(=O)N2CCCC2)c1)c1cccc(F)c1. The van der Waals surface area contributed by atoms with E-state index in [1.165, 1.54) is 29.3 Å². The fourth-order valence-electron chi connectivity index (χ4n) is 4.69. The number of hydrogen-bond acceptors (Lipinski definition) is 3. The Morgan fingerprint density at radius 3 is 2.42 bits per heavy atom. The van der Waals surface area contributed by atoms with Gasteiger partial charge in [0.05, 0.1) is 5.56 Å². The van der Waals surface area contributed by atoms with Crippen molar-refractivity contribution in [2.45, 2.75) is 25.8 Å². The fourth-order valence-corrected chi connectivity index (χ4v) is 4.69. The molecular formula is C27H26FN3O2. The van der Waals surface area contributed by atoms with Crippen molar-refractivity contribution in [2.24, 2.45) is 0 Å². The van der Waals surface area contributed by atoms with Crippen molar-refractivity contribution in [1.29, 1.82) is 0 Å². The third kappa shape index (κ3) is 4.46. The van der Waals surface area contributed by atoms with Gasteiger partial charge in [-0.25, -0.2) is 4.39 Å². The van der Waals surface area contributed by atoms with Crippen molar-refractivity contribution in [3.63, 3.8) is 0 Å². The molecule has 0 bridgehead atoms. The first kappa shape index (κ1) is 21.2. The zero-order chi connectivity index (χ0) is 22.8. The number of nitrogens with one attached hydrogen (secondary N) is 1. The van der Waals surface area contributed by atoms with Crippen LogP contribution < -0.4 is 10.2 Å². The van der Waals surface area contributed by atoms with E-state index in [9.17, 15) is 14.0 Å². The Kier molecular flexibility index (Phi) is 5.82. The Morgan fingerprint density at radius 1 is 0.848 bits per heavy atom. The van der Waals surface area contributed by atoms with Crippen molar-refractivity contribution < 1.29 is 14.0 Å². The normalized spacial score (nSPS) is 15.3. The number of nitrogens with zero attached hydrogens (tertiary/aromatic N) is 2. The van der Waals surface area contributed by atoms with Gasteiger partial charge in [0.25, 0.3) is 11.8 Å². The zero-order valence-corrected chi connectivity index (χ0v) is 18.4. The molecule has 0 atom stereocenters. The molecule has 3 aromatic carbocycles. The molecule has 2 heterocycles. The minimum absolute atomic E-state index is 0.0109. The predicted octanol–water partition coefficient (Wildman–Crippen LogP) is 4.88. The molecule has 1 N–H and O–H groups in total. The summed E-state index contributed by atoms with van der Waals surface area (Å²) in [5.41, 5.74) is 4.84. The molecule has 0 saturated carbocycles. The monoisotopic (exact) mass is 443 g/mol. The number of carbonyl (C=O) groups excluding carboxylic acids is 2. The Labute approximate surface area is 192 Å². The first-order chi connectivity index (χ1) is 16.1. The molecule has 0 aliphatic carbocycles. The minimum atomic E-state index is -0.465. The van der Waals surface area contributed by atoms with Crippen LogP contribution in [0.5, 0.6) is 0 Å². The Morgan fingerprint density at radius 2 is 1.64 bits per heavy atom. The van der Waals surface area contributed by atoms with E-state index in [1.54, 1.807) is 12.1 Å². The van der Waals surface area contributed by atoms with Gasteiger partial charge >= 0.3 is 0 Å². The van der Waals surface area contributed by atoms with Crippen LogP contribution in [0.4, 0.5) is 15.8 Å². The van der Waals surface area contributed by atoms with Crippen molar-refractivity contribution in [3.05, 3.63) is 94.8 Å². The molecule has 2 aliphatic heterocycles. The summed E-state index contributed by atoms with van der Waals surface area (Å²) in [6, 6.07) is 19.5. The summed E-state index contributed by atoms with van der Waals surface area (Å²) >= 11 is 0. The van der Waals surface area contributed by atoms with E-state index in [1.807, 2.05) is 23.1 Å². The smallest absolute Gasteiger partial charge is 0.256 e. The van der Waals surface area contributed by atoms with Gasteiger partial charge in [0.2, 0.25) is 0 Å². The van der Waals surface area contributed by atoms with Gasteiger partial charge in [0.1, 0.15) is 5.82 Å². The van der Waals surface area contributed by atoms with Gasteiger partial charge in [-0.05, 0) is 66.8 Å². The van der Waals surface area contributed by atoms with Crippen molar-refractivity contribution in [1.82, 2.24) is 4.90 Å². The van der Waals surface area contributed by atoms with Gasteiger partial charge in [0, 0.05) is 43.1 Å². The molecule has 1 fully saturated rings. The Balaban J connectivity index is 1.46. The standard InChI is InChI=1S/C27H26FN3O2/c28-22-9-5-8-20(16-22)26(32)29-23-10-11-25(24(17-23)27(33)30-13-3-4-14-30)31-15-12-19-6-1-2-7-21(19)18-31/h1-2,5-11,16-17H,3-4,12-15,18H2,(H,29,32). The Hall–Kier alpha value is -3.67. The molecule has 0 spiro atoms. The quantitative estimate of drug-likeness (QED) is 0.626. The van der Waals surface area contributed by atoms with Crippen LogP contribution in [0.1, 0.15) is 44.7 Å². The van der Waals surface area contributed by atoms with Crippen molar-refractivity contribution in [3.8, 4) is 0 Å². The molecule has 168 valence electrons. The second kappa shape index (κ2) is 9.06. The highest BCUT2D eigenvalue weighted by Crippen LogP contribution is 2.31. The van der Waals surface area contributed by atoms with E-state index in [2.05, 4.69) is 28.4 Å². The van der Waals surface area contributed by atoms with Gasteiger partial charge in [-0.2, -0.15) is 0 Å². The van der Waals surface area contributed by atoms with Crippen LogP contribution in [0, 0.1) is 5.82 Å². The minimum Gasteiger partial charge on any atom is -0.366 e. The summed E-state index contributed by atoms with van der Waals surface area (Å²) in [7, 11) is 0. The van der Waals surface area contributed by atoms with Crippen LogP contribution in [-0.4, -0.2) is 36.3 Å². The first-order valence-corrected chi connectivity index (χ1v) is 11.4. The Bertz CT molecular complexity index is 1200. The molecule has 2 amide bonds. The molecule has 33 heavy (non-hydrogen) atoms. The van der Waals surface area contributed by atoms with E-state index in [0.29, 0.717) is 11.3 Å². The average Bonchev–Trinajstić information content (AvgIpc) is 3.38. The fraction of sp³-hybridized carbons (Fsp3) is 0.259. The highest BCUT2D eigenvalue weighted by Gasteiger charge is 2.26. The topological polar surface area (TPSA) is 52.7 Å². The molecule has 5 rings (SSSR count). The lowest BCUT2D eigenvalue weighted by Crippen LogP contribution is -2.34. The van der Waals surface area contributed by atoms with Gasteiger partial charge < -0.3 is 15.1 Å². The molecule has 6 heteroatoms. The summed E-state index contributed by atoms with van der Waals surface area (Å²) in [4.78, 5) is 30.2. The van der Waals surface area contributed by atoms with Crippen molar-refractivity contribution in [2.75, 3.05) is 29.9 Å². The molecule has 0 unspecified atom stereocenters. The molecule has 2 aliphatic rings. The molecular weight excluding hydrogens is 417 g/mol. The predicted molar refractivity (Wildman–Crippen MR) is 127 cm³/mol. The van der Waals surface area contributed by atoms with Crippen LogP contribution in [0.25, 0.3) is 0 Å². The summed E-state index contributed by atoms with van der Waals surface area (Å²) < 4.78 is 13.5. The number of anilines is 2. The highest BCUT2D eigenvalue weighted by molar-refractivity contribution is 6.06. The van der Waals surface area contributed by atoms with Crippen LogP contribution in [-0.2, 0) is 13.0 Å². The maximum Gasteiger partial charge on any atom is 0.256 e. The second-order valence-electron chi connectivity index (χ2n) is 8.64. The summed E-state index contributed by atoms with van der Waals surface area (Å²) in [6.07, 6.45) is 2.94. The van der Waals surface area contributed by atoms with Crippen LogP contribution in [0.3, 0.4) is 0 Å².